The van der Waals surface area contributed by atoms with E-state index in [2.05, 4.69) is 17.6 Å². The molecular formula is C13H20ClN3O. The number of carbonyl (C=O) groups excluding carboxylic acids is 1. The molecule has 1 aromatic rings. The highest BCUT2D eigenvalue weighted by Gasteiger charge is 2.05. The lowest BCUT2D eigenvalue weighted by atomic mass is 10.1. The molecule has 1 aromatic carbocycles. The van der Waals surface area contributed by atoms with Crippen molar-refractivity contribution in [2.75, 3.05) is 27.2 Å². The molecule has 0 saturated heterocycles. The molecule has 0 radical (unpaired) electrons. The average molecular weight is 270 g/mol. The smallest absolute Gasteiger partial charge is 0.316 e. The minimum absolute atomic E-state index is 0.0732. The summed E-state index contributed by atoms with van der Waals surface area (Å²) in [6.07, 6.45) is 0. The number of nitrogens with one attached hydrogen (secondary N) is 2. The van der Waals surface area contributed by atoms with Gasteiger partial charge in [0.05, 0.1) is 0 Å². The second-order valence-electron chi connectivity index (χ2n) is 4.35. The number of benzene rings is 1. The van der Waals surface area contributed by atoms with Gasteiger partial charge < -0.3 is 15.5 Å². The molecule has 0 spiro atoms. The first kappa shape index (κ1) is 14.8. The van der Waals surface area contributed by atoms with E-state index in [-0.39, 0.29) is 12.1 Å². The highest BCUT2D eigenvalue weighted by Crippen LogP contribution is 2.15. The molecule has 2 N–H and O–H groups in total. The lowest BCUT2D eigenvalue weighted by Gasteiger charge is -2.16. The van der Waals surface area contributed by atoms with E-state index in [0.717, 1.165) is 11.6 Å². The summed E-state index contributed by atoms with van der Waals surface area (Å²) in [5, 5.41) is 6.88. The van der Waals surface area contributed by atoms with Gasteiger partial charge in [0, 0.05) is 38.2 Å². The third-order valence-corrected chi connectivity index (χ3v) is 2.88. The van der Waals surface area contributed by atoms with Crippen molar-refractivity contribution in [2.45, 2.75) is 13.0 Å². The van der Waals surface area contributed by atoms with Gasteiger partial charge in [-0.25, -0.2) is 4.79 Å². The largest absolute Gasteiger partial charge is 0.337 e. The fourth-order valence-corrected chi connectivity index (χ4v) is 1.61. The van der Waals surface area contributed by atoms with Crippen LogP contribution in [0.1, 0.15) is 18.5 Å². The predicted octanol–water partition coefficient (Wildman–Crippen LogP) is 2.26. The van der Waals surface area contributed by atoms with Crippen molar-refractivity contribution in [1.29, 1.82) is 0 Å². The quantitative estimate of drug-likeness (QED) is 0.806. The maximum absolute atomic E-state index is 11.3. The molecule has 5 heteroatoms. The minimum atomic E-state index is -0.0732. The second-order valence-corrected chi connectivity index (χ2v) is 4.79. The van der Waals surface area contributed by atoms with Gasteiger partial charge in [0.2, 0.25) is 0 Å². The SMILES string of the molecule is CC(NCCNC(=O)N(C)C)c1ccc(Cl)cc1. The van der Waals surface area contributed by atoms with Crippen molar-refractivity contribution in [3.05, 3.63) is 34.9 Å². The maximum atomic E-state index is 11.3. The normalized spacial score (nSPS) is 12.0. The standard InChI is InChI=1S/C13H20ClN3O/c1-10(11-4-6-12(14)7-5-11)15-8-9-16-13(18)17(2)3/h4-7,10,15H,8-9H2,1-3H3,(H,16,18). The van der Waals surface area contributed by atoms with Gasteiger partial charge in [0.1, 0.15) is 0 Å². The molecule has 0 saturated carbocycles. The van der Waals surface area contributed by atoms with Crippen molar-refractivity contribution >= 4 is 17.6 Å². The van der Waals surface area contributed by atoms with E-state index in [4.69, 9.17) is 11.6 Å². The Kier molecular flexibility index (Phi) is 5.95. The molecule has 18 heavy (non-hydrogen) atoms. The van der Waals surface area contributed by atoms with E-state index < -0.39 is 0 Å². The molecule has 0 fully saturated rings. The summed E-state index contributed by atoms with van der Waals surface area (Å²) in [5.74, 6) is 0. The number of hydrogen-bond acceptors (Lipinski definition) is 2. The lowest BCUT2D eigenvalue weighted by molar-refractivity contribution is 0.217. The van der Waals surface area contributed by atoms with Crippen LogP contribution >= 0.6 is 11.6 Å². The summed E-state index contributed by atoms with van der Waals surface area (Å²) < 4.78 is 0. The van der Waals surface area contributed by atoms with Gasteiger partial charge >= 0.3 is 6.03 Å². The van der Waals surface area contributed by atoms with Gasteiger partial charge in [-0.2, -0.15) is 0 Å². The summed E-state index contributed by atoms with van der Waals surface area (Å²) in [6.45, 7) is 3.41. The molecule has 100 valence electrons. The van der Waals surface area contributed by atoms with Crippen LogP contribution in [0.3, 0.4) is 0 Å². The van der Waals surface area contributed by atoms with Crippen LogP contribution in [0.2, 0.25) is 5.02 Å². The molecule has 0 aliphatic heterocycles. The number of nitrogens with zero attached hydrogens (tertiary/aromatic N) is 1. The predicted molar refractivity (Wildman–Crippen MR) is 75.0 cm³/mol. The Hall–Kier alpha value is -1.26. The molecule has 0 bridgehead atoms. The van der Waals surface area contributed by atoms with E-state index in [1.807, 2.05) is 24.3 Å². The van der Waals surface area contributed by atoms with Crippen LogP contribution in [0.15, 0.2) is 24.3 Å². The zero-order chi connectivity index (χ0) is 13.5. The lowest BCUT2D eigenvalue weighted by Crippen LogP contribution is -2.38. The van der Waals surface area contributed by atoms with Crippen molar-refractivity contribution < 1.29 is 4.79 Å². The van der Waals surface area contributed by atoms with Crippen LogP contribution in [0, 0.1) is 0 Å². The van der Waals surface area contributed by atoms with Crippen LogP contribution in [0.25, 0.3) is 0 Å². The van der Waals surface area contributed by atoms with Crippen molar-refractivity contribution in [3.63, 3.8) is 0 Å². The zero-order valence-corrected chi connectivity index (χ0v) is 11.8. The van der Waals surface area contributed by atoms with Gasteiger partial charge in [-0.3, -0.25) is 0 Å². The Morgan fingerprint density at radius 1 is 1.28 bits per heavy atom. The molecule has 4 nitrogen and oxygen atoms in total. The monoisotopic (exact) mass is 269 g/mol. The third-order valence-electron chi connectivity index (χ3n) is 2.63. The van der Waals surface area contributed by atoms with E-state index in [1.165, 1.54) is 10.5 Å². The van der Waals surface area contributed by atoms with Gasteiger partial charge in [-0.05, 0) is 24.6 Å². The topological polar surface area (TPSA) is 44.4 Å². The molecule has 1 atom stereocenters. The second kappa shape index (κ2) is 7.24. The summed E-state index contributed by atoms with van der Waals surface area (Å²) in [4.78, 5) is 12.8. The molecule has 2 amide bonds. The van der Waals surface area contributed by atoms with Crippen LogP contribution in [0.5, 0.6) is 0 Å². The molecule has 1 rings (SSSR count). The molecule has 0 aliphatic carbocycles. The van der Waals surface area contributed by atoms with Gasteiger partial charge in [0.25, 0.3) is 0 Å². The minimum Gasteiger partial charge on any atom is -0.337 e. The van der Waals surface area contributed by atoms with Crippen molar-refractivity contribution in [1.82, 2.24) is 15.5 Å². The number of amides is 2. The van der Waals surface area contributed by atoms with E-state index >= 15 is 0 Å². The van der Waals surface area contributed by atoms with Crippen LogP contribution < -0.4 is 10.6 Å². The average Bonchev–Trinajstić information content (AvgIpc) is 2.34. The number of halogens is 1. The first-order valence-corrected chi connectivity index (χ1v) is 6.32. The Morgan fingerprint density at radius 2 is 1.89 bits per heavy atom. The molecule has 0 aromatic heterocycles. The van der Waals surface area contributed by atoms with Gasteiger partial charge in [-0.15, -0.1) is 0 Å². The number of carbonyl (C=O) groups is 1. The molecule has 1 unspecified atom stereocenters. The number of hydrogen-bond donors (Lipinski definition) is 2. The molecule has 0 heterocycles. The zero-order valence-electron chi connectivity index (χ0n) is 11.0. The van der Waals surface area contributed by atoms with Crippen LogP contribution in [0.4, 0.5) is 4.79 Å². The van der Waals surface area contributed by atoms with E-state index in [9.17, 15) is 4.79 Å². The Balaban J connectivity index is 2.27. The Bertz CT molecular complexity index is 378. The highest BCUT2D eigenvalue weighted by atomic mass is 35.5. The van der Waals surface area contributed by atoms with Crippen LogP contribution in [-0.4, -0.2) is 38.1 Å². The fourth-order valence-electron chi connectivity index (χ4n) is 1.49. The summed E-state index contributed by atoms with van der Waals surface area (Å²) in [7, 11) is 3.44. The summed E-state index contributed by atoms with van der Waals surface area (Å²) in [5.41, 5.74) is 1.18. The number of rotatable bonds is 5. The third kappa shape index (κ3) is 4.94. The van der Waals surface area contributed by atoms with Gasteiger partial charge in [-0.1, -0.05) is 23.7 Å². The van der Waals surface area contributed by atoms with Crippen molar-refractivity contribution in [2.24, 2.45) is 0 Å². The highest BCUT2D eigenvalue weighted by molar-refractivity contribution is 6.30. The maximum Gasteiger partial charge on any atom is 0.316 e. The summed E-state index contributed by atoms with van der Waals surface area (Å²) >= 11 is 5.84. The Morgan fingerprint density at radius 3 is 2.44 bits per heavy atom. The van der Waals surface area contributed by atoms with E-state index in [0.29, 0.717) is 6.54 Å². The first-order valence-electron chi connectivity index (χ1n) is 5.94. The van der Waals surface area contributed by atoms with Crippen LogP contribution in [-0.2, 0) is 0 Å². The summed E-state index contributed by atoms with van der Waals surface area (Å²) in [6, 6.07) is 7.91. The van der Waals surface area contributed by atoms with E-state index in [1.54, 1.807) is 14.1 Å². The first-order chi connectivity index (χ1) is 8.50. The fraction of sp³-hybridized carbons (Fsp3) is 0.462. The number of urea groups is 1. The molecule has 0 aliphatic rings. The Labute approximate surface area is 113 Å². The molecular weight excluding hydrogens is 250 g/mol. The van der Waals surface area contributed by atoms with Crippen molar-refractivity contribution in [3.8, 4) is 0 Å². The van der Waals surface area contributed by atoms with Gasteiger partial charge in [0.15, 0.2) is 0 Å².